The lowest BCUT2D eigenvalue weighted by Crippen LogP contribution is -2.13. The summed E-state index contributed by atoms with van der Waals surface area (Å²) in [6.45, 7) is 2.00. The number of rotatable bonds is 7. The second-order valence-corrected chi connectivity index (χ2v) is 5.68. The van der Waals surface area contributed by atoms with E-state index in [0.29, 0.717) is 16.5 Å². The Morgan fingerprint density at radius 2 is 1.84 bits per heavy atom. The number of ether oxygens (including phenoxy) is 1. The summed E-state index contributed by atoms with van der Waals surface area (Å²) in [5, 5.41) is 0.550. The van der Waals surface area contributed by atoms with Crippen molar-refractivity contribution in [2.24, 2.45) is 0 Å². The summed E-state index contributed by atoms with van der Waals surface area (Å²) in [4.78, 5) is 23.2. The van der Waals surface area contributed by atoms with Crippen LogP contribution >= 0.6 is 11.6 Å². The van der Waals surface area contributed by atoms with Crippen LogP contribution in [0, 0.1) is 0 Å². The monoisotopic (exact) mass is 302 g/mol. The number of Topliss-reactive ketones (excluding diaryl/α,β-unsaturated/α-hetero) is 1. The molecule has 0 radical (unpaired) electrons. The highest BCUT2D eigenvalue weighted by Gasteiger charge is 2.12. The van der Waals surface area contributed by atoms with Crippen molar-refractivity contribution in [3.8, 4) is 0 Å². The largest absolute Gasteiger partial charge is 0.466 e. The molecule has 104 valence electrons. The second kappa shape index (κ2) is 8.07. The Morgan fingerprint density at radius 1 is 1.21 bits per heavy atom. The van der Waals surface area contributed by atoms with Crippen LogP contribution in [0.3, 0.4) is 0 Å². The number of carbonyl (C=O) groups excluding carboxylic acids is 2. The number of hydrogen-bond donors (Lipinski definition) is 0. The van der Waals surface area contributed by atoms with Crippen LogP contribution in [0.2, 0.25) is 5.02 Å². The van der Waals surface area contributed by atoms with Crippen LogP contribution in [0.5, 0.6) is 0 Å². The van der Waals surface area contributed by atoms with Gasteiger partial charge in [0.05, 0.1) is 29.6 Å². The number of carbonyl (C=O) groups is 2. The van der Waals surface area contributed by atoms with E-state index in [1.807, 2.05) is 0 Å². The minimum Gasteiger partial charge on any atom is -0.466 e. The Morgan fingerprint density at radius 3 is 2.42 bits per heavy atom. The number of esters is 1. The number of halogens is 1. The first-order valence-corrected chi connectivity index (χ1v) is 7.54. The van der Waals surface area contributed by atoms with Crippen LogP contribution in [-0.2, 0) is 25.1 Å². The van der Waals surface area contributed by atoms with Crippen LogP contribution < -0.4 is 0 Å². The van der Waals surface area contributed by atoms with E-state index in [2.05, 4.69) is 0 Å². The SMILES string of the molecule is CCOC(=O)CCC(=O)CS(=O)c1ccc(Cl)cc1. The third-order valence-electron chi connectivity index (χ3n) is 2.28. The van der Waals surface area contributed by atoms with Crippen molar-refractivity contribution >= 4 is 34.2 Å². The Kier molecular flexibility index (Phi) is 6.73. The highest BCUT2D eigenvalue weighted by Crippen LogP contribution is 2.13. The molecular formula is C13H15ClO4S. The predicted molar refractivity (Wildman–Crippen MR) is 73.6 cm³/mol. The molecule has 1 rings (SSSR count). The molecule has 0 saturated heterocycles. The van der Waals surface area contributed by atoms with E-state index in [0.717, 1.165) is 0 Å². The zero-order valence-corrected chi connectivity index (χ0v) is 12.1. The summed E-state index contributed by atoms with van der Waals surface area (Å²) in [5.74, 6) is -0.726. The van der Waals surface area contributed by atoms with Crippen molar-refractivity contribution in [2.75, 3.05) is 12.4 Å². The Bertz CT molecular complexity index is 470. The summed E-state index contributed by atoms with van der Waals surface area (Å²) >= 11 is 5.72. The van der Waals surface area contributed by atoms with Crippen molar-refractivity contribution in [3.63, 3.8) is 0 Å². The average Bonchev–Trinajstić information content (AvgIpc) is 2.37. The minimum atomic E-state index is -1.40. The van der Waals surface area contributed by atoms with E-state index in [1.165, 1.54) is 0 Å². The fourth-order valence-corrected chi connectivity index (χ4v) is 2.53. The maximum Gasteiger partial charge on any atom is 0.306 e. The number of hydrogen-bond acceptors (Lipinski definition) is 4. The lowest BCUT2D eigenvalue weighted by atomic mass is 10.2. The van der Waals surface area contributed by atoms with Gasteiger partial charge in [-0.3, -0.25) is 13.8 Å². The highest BCUT2D eigenvalue weighted by atomic mass is 35.5. The molecule has 0 N–H and O–H groups in total. The molecule has 1 aromatic carbocycles. The topological polar surface area (TPSA) is 60.4 Å². The molecule has 0 bridgehead atoms. The first-order chi connectivity index (χ1) is 9.02. The van der Waals surface area contributed by atoms with E-state index < -0.39 is 16.8 Å². The van der Waals surface area contributed by atoms with Gasteiger partial charge in [-0.25, -0.2) is 0 Å². The zero-order chi connectivity index (χ0) is 14.3. The van der Waals surface area contributed by atoms with Gasteiger partial charge in [0, 0.05) is 16.3 Å². The van der Waals surface area contributed by atoms with Crippen molar-refractivity contribution in [1.82, 2.24) is 0 Å². The van der Waals surface area contributed by atoms with Crippen molar-refractivity contribution < 1.29 is 18.5 Å². The normalized spacial score (nSPS) is 11.9. The smallest absolute Gasteiger partial charge is 0.306 e. The molecule has 0 saturated carbocycles. The summed E-state index contributed by atoms with van der Waals surface area (Å²) < 4.78 is 16.6. The molecule has 4 nitrogen and oxygen atoms in total. The van der Waals surface area contributed by atoms with E-state index in [1.54, 1.807) is 31.2 Å². The average molecular weight is 303 g/mol. The third kappa shape index (κ3) is 5.98. The summed E-state index contributed by atoms with van der Waals surface area (Å²) in [7, 11) is -1.40. The molecule has 0 aromatic heterocycles. The Labute approximate surface area is 119 Å². The van der Waals surface area contributed by atoms with E-state index >= 15 is 0 Å². The van der Waals surface area contributed by atoms with Gasteiger partial charge in [0.15, 0.2) is 0 Å². The van der Waals surface area contributed by atoms with Crippen molar-refractivity contribution in [3.05, 3.63) is 29.3 Å². The van der Waals surface area contributed by atoms with Gasteiger partial charge in [-0.05, 0) is 31.2 Å². The van der Waals surface area contributed by atoms with Gasteiger partial charge in [0.2, 0.25) is 0 Å². The van der Waals surface area contributed by atoms with E-state index in [9.17, 15) is 13.8 Å². The fraction of sp³-hybridized carbons (Fsp3) is 0.385. The summed E-state index contributed by atoms with van der Waals surface area (Å²) in [6, 6.07) is 6.49. The van der Waals surface area contributed by atoms with Gasteiger partial charge in [0.1, 0.15) is 5.78 Å². The van der Waals surface area contributed by atoms with Gasteiger partial charge in [-0.1, -0.05) is 11.6 Å². The quantitative estimate of drug-likeness (QED) is 0.726. The van der Waals surface area contributed by atoms with Gasteiger partial charge in [-0.15, -0.1) is 0 Å². The first-order valence-electron chi connectivity index (χ1n) is 5.84. The summed E-state index contributed by atoms with van der Waals surface area (Å²) in [5.41, 5.74) is 0. The van der Waals surface area contributed by atoms with E-state index in [4.69, 9.17) is 16.3 Å². The molecule has 0 aliphatic rings. The number of benzene rings is 1. The van der Waals surface area contributed by atoms with Crippen molar-refractivity contribution in [2.45, 2.75) is 24.7 Å². The first kappa shape index (κ1) is 15.9. The van der Waals surface area contributed by atoms with Crippen LogP contribution in [0.4, 0.5) is 0 Å². The lowest BCUT2D eigenvalue weighted by Gasteiger charge is -2.03. The molecule has 0 fully saturated rings. The fourth-order valence-electron chi connectivity index (χ4n) is 1.36. The van der Waals surface area contributed by atoms with E-state index in [-0.39, 0.29) is 24.4 Å². The molecule has 1 unspecified atom stereocenters. The zero-order valence-electron chi connectivity index (χ0n) is 10.6. The number of ketones is 1. The second-order valence-electron chi connectivity index (χ2n) is 3.79. The third-order valence-corrected chi connectivity index (χ3v) is 3.92. The van der Waals surface area contributed by atoms with Crippen LogP contribution in [0.25, 0.3) is 0 Å². The molecule has 0 heterocycles. The molecule has 1 aromatic rings. The van der Waals surface area contributed by atoms with Gasteiger partial charge < -0.3 is 4.74 Å². The Hall–Kier alpha value is -1.20. The molecule has 0 aliphatic carbocycles. The molecule has 19 heavy (non-hydrogen) atoms. The van der Waals surface area contributed by atoms with Crippen LogP contribution in [0.1, 0.15) is 19.8 Å². The van der Waals surface area contributed by atoms with Gasteiger partial charge >= 0.3 is 5.97 Å². The molecular weight excluding hydrogens is 288 g/mol. The summed E-state index contributed by atoms with van der Waals surface area (Å²) in [6.07, 6.45) is 0.0860. The molecule has 1 atom stereocenters. The molecule has 6 heteroatoms. The predicted octanol–water partition coefficient (Wildman–Crippen LogP) is 2.36. The standard InChI is InChI=1S/C13H15ClO4S/c1-2-18-13(16)8-5-11(15)9-19(17)12-6-3-10(14)4-7-12/h3-4,6-7H,2,5,8-9H2,1H3. The van der Waals surface area contributed by atoms with Crippen LogP contribution in [0.15, 0.2) is 29.2 Å². The maximum absolute atomic E-state index is 11.9. The molecule has 0 aliphatic heterocycles. The highest BCUT2D eigenvalue weighted by molar-refractivity contribution is 7.85. The maximum atomic E-state index is 11.9. The molecule has 0 spiro atoms. The Balaban J connectivity index is 2.42. The molecule has 0 amide bonds. The van der Waals surface area contributed by atoms with Crippen molar-refractivity contribution in [1.29, 1.82) is 0 Å². The van der Waals surface area contributed by atoms with Gasteiger partial charge in [0.25, 0.3) is 0 Å². The lowest BCUT2D eigenvalue weighted by molar-refractivity contribution is -0.144. The minimum absolute atomic E-state index is 0.0322. The van der Waals surface area contributed by atoms with Crippen LogP contribution in [-0.4, -0.2) is 28.3 Å². The van der Waals surface area contributed by atoms with Gasteiger partial charge in [-0.2, -0.15) is 0 Å².